The van der Waals surface area contributed by atoms with Crippen LogP contribution in [0.25, 0.3) is 0 Å². The molecule has 0 aliphatic carbocycles. The van der Waals surface area contributed by atoms with Crippen LogP contribution in [0.2, 0.25) is 10.0 Å². The zero-order chi connectivity index (χ0) is 15.8. The number of aliphatic imine (C=N–C) groups is 1. The molecule has 0 atom stereocenters. The lowest BCUT2D eigenvalue weighted by Gasteiger charge is -2.11. The Morgan fingerprint density at radius 2 is 1.87 bits per heavy atom. The van der Waals surface area contributed by atoms with Gasteiger partial charge in [-0.1, -0.05) is 29.3 Å². The molecule has 0 bridgehead atoms. The number of nitrogens with one attached hydrogen (secondary N) is 2. The third kappa shape index (κ3) is 7.37. The summed E-state index contributed by atoms with van der Waals surface area (Å²) in [7, 11) is 1.74. The molecule has 2 rings (SSSR count). The molecule has 7 heteroatoms. The third-order valence-electron chi connectivity index (χ3n) is 3.02. The lowest BCUT2D eigenvalue weighted by molar-refractivity contribution is 0.783. The van der Waals surface area contributed by atoms with Gasteiger partial charge in [-0.2, -0.15) is 0 Å². The van der Waals surface area contributed by atoms with Crippen molar-refractivity contribution in [2.75, 3.05) is 13.6 Å². The maximum Gasteiger partial charge on any atom is 0.191 e. The van der Waals surface area contributed by atoms with Crippen molar-refractivity contribution in [1.82, 2.24) is 15.6 Å². The molecule has 0 aliphatic heterocycles. The third-order valence-corrected chi connectivity index (χ3v) is 3.45. The quantitative estimate of drug-likeness (QED) is 0.400. The van der Waals surface area contributed by atoms with E-state index in [0.29, 0.717) is 16.6 Å². The van der Waals surface area contributed by atoms with Gasteiger partial charge < -0.3 is 10.6 Å². The number of guanidine groups is 1. The fraction of sp³-hybridized carbons (Fsp3) is 0.250. The number of pyridine rings is 1. The minimum absolute atomic E-state index is 0. The van der Waals surface area contributed by atoms with E-state index in [4.69, 9.17) is 23.2 Å². The first-order valence-electron chi connectivity index (χ1n) is 6.97. The molecule has 0 radical (unpaired) electrons. The van der Waals surface area contributed by atoms with Gasteiger partial charge in [0.05, 0.1) is 12.2 Å². The highest BCUT2D eigenvalue weighted by atomic mass is 127. The Labute approximate surface area is 163 Å². The fourth-order valence-corrected chi connectivity index (χ4v) is 2.55. The first-order chi connectivity index (χ1) is 10.7. The zero-order valence-corrected chi connectivity index (χ0v) is 16.6. The average molecular weight is 465 g/mol. The minimum Gasteiger partial charge on any atom is -0.356 e. The van der Waals surface area contributed by atoms with Crippen LogP contribution in [0, 0.1) is 0 Å². The van der Waals surface area contributed by atoms with Crippen LogP contribution in [-0.4, -0.2) is 24.5 Å². The van der Waals surface area contributed by atoms with Crippen molar-refractivity contribution in [3.8, 4) is 0 Å². The number of nitrogens with zero attached hydrogens (tertiary/aromatic N) is 2. The van der Waals surface area contributed by atoms with Gasteiger partial charge in [0.25, 0.3) is 0 Å². The first-order valence-corrected chi connectivity index (χ1v) is 7.72. The molecule has 4 nitrogen and oxygen atoms in total. The van der Waals surface area contributed by atoms with Crippen molar-refractivity contribution in [2.45, 2.75) is 13.0 Å². The number of hydrogen-bond acceptors (Lipinski definition) is 2. The first kappa shape index (κ1) is 20.0. The van der Waals surface area contributed by atoms with E-state index < -0.39 is 0 Å². The van der Waals surface area contributed by atoms with E-state index in [1.165, 1.54) is 0 Å². The van der Waals surface area contributed by atoms with E-state index in [0.717, 1.165) is 30.2 Å². The Bertz CT molecular complexity index is 615. The summed E-state index contributed by atoms with van der Waals surface area (Å²) in [6.45, 7) is 1.36. The molecule has 1 aromatic carbocycles. The monoisotopic (exact) mass is 464 g/mol. The van der Waals surface area contributed by atoms with Gasteiger partial charge >= 0.3 is 0 Å². The Balaban J connectivity index is 0.00000264. The number of hydrogen-bond donors (Lipinski definition) is 2. The van der Waals surface area contributed by atoms with E-state index in [-0.39, 0.29) is 24.0 Å². The van der Waals surface area contributed by atoms with Crippen LogP contribution in [0.15, 0.2) is 47.6 Å². The van der Waals surface area contributed by atoms with Gasteiger partial charge in [0.2, 0.25) is 0 Å². The van der Waals surface area contributed by atoms with Gasteiger partial charge in [-0.15, -0.1) is 24.0 Å². The largest absolute Gasteiger partial charge is 0.356 e. The summed E-state index contributed by atoms with van der Waals surface area (Å²) in [5.41, 5.74) is 2.05. The van der Waals surface area contributed by atoms with Crippen molar-refractivity contribution in [2.24, 2.45) is 4.99 Å². The SMILES string of the molecule is CN=C(NCCc1cc(Cl)cc(Cl)c1)NCc1ccccn1.I. The Morgan fingerprint density at radius 3 is 2.48 bits per heavy atom. The summed E-state index contributed by atoms with van der Waals surface area (Å²) < 4.78 is 0. The van der Waals surface area contributed by atoms with Crippen LogP contribution in [0.1, 0.15) is 11.3 Å². The molecular formula is C16H19Cl2IN4. The fourth-order valence-electron chi connectivity index (χ4n) is 1.98. The average Bonchev–Trinajstić information content (AvgIpc) is 2.50. The van der Waals surface area contributed by atoms with Gasteiger partial charge in [-0.3, -0.25) is 9.98 Å². The van der Waals surface area contributed by atoms with Gasteiger partial charge in [0.15, 0.2) is 5.96 Å². The highest BCUT2D eigenvalue weighted by molar-refractivity contribution is 14.0. The summed E-state index contributed by atoms with van der Waals surface area (Å²) in [5, 5.41) is 7.78. The summed E-state index contributed by atoms with van der Waals surface area (Å²) in [4.78, 5) is 8.44. The summed E-state index contributed by atoms with van der Waals surface area (Å²) in [6.07, 6.45) is 2.58. The highest BCUT2D eigenvalue weighted by Gasteiger charge is 2.01. The molecule has 0 fully saturated rings. The van der Waals surface area contributed by atoms with Gasteiger partial charge in [-0.05, 0) is 42.3 Å². The second-order valence-electron chi connectivity index (χ2n) is 4.70. The van der Waals surface area contributed by atoms with Crippen molar-refractivity contribution >= 4 is 53.1 Å². The van der Waals surface area contributed by atoms with E-state index in [2.05, 4.69) is 20.6 Å². The molecule has 0 saturated carbocycles. The normalized spacial score (nSPS) is 10.8. The molecule has 0 amide bonds. The lowest BCUT2D eigenvalue weighted by atomic mass is 10.1. The minimum atomic E-state index is 0. The lowest BCUT2D eigenvalue weighted by Crippen LogP contribution is -2.38. The molecular weight excluding hydrogens is 446 g/mol. The molecule has 0 unspecified atom stereocenters. The maximum atomic E-state index is 5.99. The molecule has 0 saturated heterocycles. The van der Waals surface area contributed by atoms with E-state index in [9.17, 15) is 0 Å². The van der Waals surface area contributed by atoms with Crippen LogP contribution in [0.3, 0.4) is 0 Å². The van der Waals surface area contributed by atoms with Crippen LogP contribution in [0.5, 0.6) is 0 Å². The smallest absolute Gasteiger partial charge is 0.191 e. The van der Waals surface area contributed by atoms with E-state index in [1.54, 1.807) is 19.3 Å². The van der Waals surface area contributed by atoms with E-state index >= 15 is 0 Å². The second kappa shape index (κ2) is 10.7. The number of aromatic nitrogens is 1. The highest BCUT2D eigenvalue weighted by Crippen LogP contribution is 2.19. The van der Waals surface area contributed by atoms with Crippen LogP contribution in [-0.2, 0) is 13.0 Å². The van der Waals surface area contributed by atoms with E-state index in [1.807, 2.05) is 30.3 Å². The predicted octanol–water partition coefficient (Wildman–Crippen LogP) is 3.91. The number of halogens is 3. The zero-order valence-electron chi connectivity index (χ0n) is 12.7. The molecule has 0 aliphatic rings. The number of rotatable bonds is 5. The molecule has 2 aromatic rings. The summed E-state index contributed by atoms with van der Waals surface area (Å²) in [5.74, 6) is 0.735. The number of benzene rings is 1. The molecule has 0 spiro atoms. The standard InChI is InChI=1S/C16H18Cl2N4.HI/c1-19-16(22-11-15-4-2-3-6-20-15)21-7-5-12-8-13(17)10-14(18)9-12;/h2-4,6,8-10H,5,7,11H2,1H3,(H2,19,21,22);1H. The molecule has 1 aromatic heterocycles. The van der Waals surface area contributed by atoms with Crippen molar-refractivity contribution in [3.63, 3.8) is 0 Å². The summed E-state index contributed by atoms with van der Waals surface area (Å²) >= 11 is 12.0. The van der Waals surface area contributed by atoms with Crippen LogP contribution in [0.4, 0.5) is 0 Å². The predicted molar refractivity (Wildman–Crippen MR) is 108 cm³/mol. The van der Waals surface area contributed by atoms with Crippen LogP contribution < -0.4 is 10.6 Å². The van der Waals surface area contributed by atoms with Crippen molar-refractivity contribution in [1.29, 1.82) is 0 Å². The van der Waals surface area contributed by atoms with Crippen molar-refractivity contribution in [3.05, 3.63) is 63.9 Å². The molecule has 1 heterocycles. The summed E-state index contributed by atoms with van der Waals surface area (Å²) in [6, 6.07) is 11.4. The molecule has 2 N–H and O–H groups in total. The topological polar surface area (TPSA) is 49.3 Å². The Morgan fingerprint density at radius 1 is 1.13 bits per heavy atom. The maximum absolute atomic E-state index is 5.99. The van der Waals surface area contributed by atoms with Gasteiger partial charge in [0.1, 0.15) is 0 Å². The second-order valence-corrected chi connectivity index (χ2v) is 5.57. The van der Waals surface area contributed by atoms with Gasteiger partial charge in [0, 0.05) is 29.8 Å². The Hall–Kier alpha value is -1.05. The Kier molecular flexibility index (Phi) is 9.28. The molecule has 124 valence electrons. The van der Waals surface area contributed by atoms with Crippen molar-refractivity contribution < 1.29 is 0 Å². The van der Waals surface area contributed by atoms with Gasteiger partial charge in [-0.25, -0.2) is 0 Å². The molecule has 23 heavy (non-hydrogen) atoms. The van der Waals surface area contributed by atoms with Crippen LogP contribution >= 0.6 is 47.2 Å².